The van der Waals surface area contributed by atoms with Gasteiger partial charge in [0.05, 0.1) is 24.1 Å². The summed E-state index contributed by atoms with van der Waals surface area (Å²) in [6.07, 6.45) is 2.86. The van der Waals surface area contributed by atoms with Crippen LogP contribution >= 0.6 is 11.3 Å². The molecule has 9 heteroatoms. The molecule has 1 aromatic carbocycles. The van der Waals surface area contributed by atoms with E-state index in [-0.39, 0.29) is 29.5 Å². The lowest BCUT2D eigenvalue weighted by Crippen LogP contribution is -2.15. The molecule has 2 N–H and O–H groups in total. The van der Waals surface area contributed by atoms with E-state index in [0.717, 1.165) is 4.88 Å². The van der Waals surface area contributed by atoms with E-state index in [2.05, 4.69) is 15.5 Å². The van der Waals surface area contributed by atoms with Crippen LogP contribution in [-0.2, 0) is 9.53 Å². The predicted octanol–water partition coefficient (Wildman–Crippen LogP) is 5.12. The lowest BCUT2D eigenvalue weighted by atomic mass is 10.1. The van der Waals surface area contributed by atoms with Crippen molar-refractivity contribution in [3.05, 3.63) is 63.9 Å². The molecule has 0 aliphatic heterocycles. The molecule has 3 rings (SSSR count). The highest BCUT2D eigenvalue weighted by molar-refractivity contribution is 7.16. The standard InChI is InChI=1S/C23H21FN4O3S/c1-4-31-23(30)18-10-19(13(2)3)32-22(18)27-21(29)15(11-25)9-16-12-26-28-20(16)14-5-7-17(24)8-6-14/h5-10,12-13H,4H2,1-3H3,(H,26,28)(H,27,29)/b15-9+. The van der Waals surface area contributed by atoms with Crippen LogP contribution in [0.1, 0.15) is 47.5 Å². The first-order valence-corrected chi connectivity index (χ1v) is 10.7. The molecular formula is C23H21FN4O3S. The first-order valence-electron chi connectivity index (χ1n) is 9.87. The van der Waals surface area contributed by atoms with Crippen LogP contribution < -0.4 is 5.32 Å². The van der Waals surface area contributed by atoms with E-state index in [9.17, 15) is 19.2 Å². The van der Waals surface area contributed by atoms with Gasteiger partial charge in [0.2, 0.25) is 0 Å². The van der Waals surface area contributed by atoms with Gasteiger partial charge in [-0.1, -0.05) is 13.8 Å². The van der Waals surface area contributed by atoms with Crippen LogP contribution in [0.5, 0.6) is 0 Å². The molecule has 0 unspecified atom stereocenters. The van der Waals surface area contributed by atoms with Gasteiger partial charge >= 0.3 is 5.97 Å². The van der Waals surface area contributed by atoms with Gasteiger partial charge in [0.15, 0.2) is 0 Å². The van der Waals surface area contributed by atoms with E-state index in [1.165, 1.54) is 35.7 Å². The number of hydrogen-bond acceptors (Lipinski definition) is 6. The van der Waals surface area contributed by atoms with Crippen LogP contribution in [0.25, 0.3) is 17.3 Å². The maximum absolute atomic E-state index is 13.2. The monoisotopic (exact) mass is 452 g/mol. The normalized spacial score (nSPS) is 11.3. The zero-order chi connectivity index (χ0) is 23.3. The summed E-state index contributed by atoms with van der Waals surface area (Å²) in [6, 6.07) is 9.33. The van der Waals surface area contributed by atoms with Gasteiger partial charge < -0.3 is 10.1 Å². The molecule has 2 heterocycles. The summed E-state index contributed by atoms with van der Waals surface area (Å²) < 4.78 is 18.3. The smallest absolute Gasteiger partial charge is 0.341 e. The third-order valence-corrected chi connectivity index (χ3v) is 5.86. The SMILES string of the molecule is CCOC(=O)c1cc(C(C)C)sc1NC(=O)/C(C#N)=C/c1cn[nH]c1-c1ccc(F)cc1. The second-order valence-electron chi connectivity index (χ2n) is 7.10. The molecule has 3 aromatic rings. The van der Waals surface area contributed by atoms with Gasteiger partial charge in [-0.15, -0.1) is 11.3 Å². The van der Waals surface area contributed by atoms with E-state index in [1.807, 2.05) is 19.9 Å². The largest absolute Gasteiger partial charge is 0.462 e. The van der Waals surface area contributed by atoms with Crippen molar-refractivity contribution in [2.45, 2.75) is 26.7 Å². The van der Waals surface area contributed by atoms with Crippen molar-refractivity contribution in [3.63, 3.8) is 0 Å². The number of halogens is 1. The molecule has 0 bridgehead atoms. The number of esters is 1. The summed E-state index contributed by atoms with van der Waals surface area (Å²) in [7, 11) is 0. The molecule has 0 radical (unpaired) electrons. The number of nitriles is 1. The minimum absolute atomic E-state index is 0.147. The lowest BCUT2D eigenvalue weighted by Gasteiger charge is -2.06. The number of hydrogen-bond donors (Lipinski definition) is 2. The number of nitrogens with zero attached hydrogens (tertiary/aromatic N) is 2. The summed E-state index contributed by atoms with van der Waals surface area (Å²) in [6.45, 7) is 5.85. The summed E-state index contributed by atoms with van der Waals surface area (Å²) in [5, 5.41) is 19.3. The fraction of sp³-hybridized carbons (Fsp3) is 0.217. The van der Waals surface area contributed by atoms with Gasteiger partial charge in [-0.25, -0.2) is 9.18 Å². The number of thiophene rings is 1. The molecule has 2 aromatic heterocycles. The van der Waals surface area contributed by atoms with Crippen molar-refractivity contribution in [3.8, 4) is 17.3 Å². The van der Waals surface area contributed by atoms with E-state index in [0.29, 0.717) is 21.8 Å². The Morgan fingerprint density at radius 1 is 1.34 bits per heavy atom. The maximum Gasteiger partial charge on any atom is 0.341 e. The van der Waals surface area contributed by atoms with E-state index >= 15 is 0 Å². The Bertz CT molecular complexity index is 1200. The minimum atomic E-state index is -0.665. The molecule has 0 atom stereocenters. The number of ether oxygens (including phenoxy) is 1. The van der Waals surface area contributed by atoms with Crippen molar-refractivity contribution in [1.82, 2.24) is 10.2 Å². The highest BCUT2D eigenvalue weighted by Gasteiger charge is 2.22. The first kappa shape index (κ1) is 22.9. The van der Waals surface area contributed by atoms with E-state index in [4.69, 9.17) is 4.74 Å². The predicted molar refractivity (Wildman–Crippen MR) is 121 cm³/mol. The molecule has 32 heavy (non-hydrogen) atoms. The van der Waals surface area contributed by atoms with Crippen molar-refractivity contribution in [2.75, 3.05) is 11.9 Å². The Morgan fingerprint density at radius 3 is 2.69 bits per heavy atom. The highest BCUT2D eigenvalue weighted by Crippen LogP contribution is 2.34. The average molecular weight is 453 g/mol. The Balaban J connectivity index is 1.91. The van der Waals surface area contributed by atoms with Crippen molar-refractivity contribution in [2.24, 2.45) is 0 Å². The quantitative estimate of drug-likeness (QED) is 0.294. The van der Waals surface area contributed by atoms with Crippen LogP contribution in [0.2, 0.25) is 0 Å². The van der Waals surface area contributed by atoms with Crippen molar-refractivity contribution >= 4 is 34.3 Å². The number of aromatic amines is 1. The van der Waals surface area contributed by atoms with E-state index in [1.54, 1.807) is 25.1 Å². The van der Waals surface area contributed by atoms with Gasteiger partial charge in [-0.2, -0.15) is 10.4 Å². The second-order valence-corrected chi connectivity index (χ2v) is 8.18. The highest BCUT2D eigenvalue weighted by atomic mass is 32.1. The van der Waals surface area contributed by atoms with Crippen LogP contribution in [0.4, 0.5) is 9.39 Å². The molecule has 0 saturated heterocycles. The lowest BCUT2D eigenvalue weighted by molar-refractivity contribution is -0.112. The zero-order valence-corrected chi connectivity index (χ0v) is 18.5. The van der Waals surface area contributed by atoms with Gasteiger partial charge in [0.25, 0.3) is 5.91 Å². The Hall–Kier alpha value is -3.77. The number of amides is 1. The third kappa shape index (κ3) is 5.10. The fourth-order valence-corrected chi connectivity index (χ4v) is 3.92. The molecule has 0 aliphatic carbocycles. The summed E-state index contributed by atoms with van der Waals surface area (Å²) in [5.74, 6) is -1.44. The molecule has 0 spiro atoms. The van der Waals surface area contributed by atoms with Crippen LogP contribution in [0.3, 0.4) is 0 Å². The molecule has 0 saturated carbocycles. The van der Waals surface area contributed by atoms with Gasteiger partial charge in [0.1, 0.15) is 22.5 Å². The molecule has 1 amide bonds. The molecule has 0 fully saturated rings. The summed E-state index contributed by atoms with van der Waals surface area (Å²) in [5.41, 5.74) is 1.75. The molecular weight excluding hydrogens is 431 g/mol. The van der Waals surface area contributed by atoms with E-state index < -0.39 is 11.9 Å². The maximum atomic E-state index is 13.2. The zero-order valence-electron chi connectivity index (χ0n) is 17.7. The Labute approximate surface area is 188 Å². The average Bonchev–Trinajstić information content (AvgIpc) is 3.40. The van der Waals surface area contributed by atoms with Crippen LogP contribution in [0.15, 0.2) is 42.1 Å². The topological polar surface area (TPSA) is 108 Å². The number of carbonyl (C=O) groups is 2. The number of anilines is 1. The van der Waals surface area contributed by atoms with Gasteiger partial charge in [-0.3, -0.25) is 9.89 Å². The van der Waals surface area contributed by atoms with Crippen molar-refractivity contribution < 1.29 is 18.7 Å². The number of aromatic nitrogens is 2. The minimum Gasteiger partial charge on any atom is -0.462 e. The Kier molecular flexibility index (Phi) is 7.18. The Morgan fingerprint density at radius 2 is 2.06 bits per heavy atom. The third-order valence-electron chi connectivity index (χ3n) is 4.51. The van der Waals surface area contributed by atoms with Gasteiger partial charge in [0, 0.05) is 16.0 Å². The summed E-state index contributed by atoms with van der Waals surface area (Å²) >= 11 is 1.26. The number of carbonyl (C=O) groups excluding carboxylic acids is 2. The summed E-state index contributed by atoms with van der Waals surface area (Å²) in [4.78, 5) is 26.1. The molecule has 164 valence electrons. The fourth-order valence-electron chi connectivity index (χ4n) is 2.88. The first-order chi connectivity index (χ1) is 15.3. The second kappa shape index (κ2) is 10.0. The number of H-pyrrole nitrogens is 1. The number of benzene rings is 1. The van der Waals surface area contributed by atoms with Crippen LogP contribution in [-0.4, -0.2) is 28.7 Å². The molecule has 0 aliphatic rings. The van der Waals surface area contributed by atoms with Crippen molar-refractivity contribution in [1.29, 1.82) is 5.26 Å². The molecule has 7 nitrogen and oxygen atoms in total. The van der Waals surface area contributed by atoms with Crippen LogP contribution in [0, 0.1) is 17.1 Å². The number of rotatable bonds is 7. The number of nitrogens with one attached hydrogen (secondary N) is 2. The van der Waals surface area contributed by atoms with Gasteiger partial charge in [-0.05, 0) is 49.2 Å².